The van der Waals surface area contributed by atoms with Crippen molar-refractivity contribution in [2.24, 2.45) is 23.5 Å². The molecule has 2 aliphatic rings. The summed E-state index contributed by atoms with van der Waals surface area (Å²) in [7, 11) is 0. The number of piperidine rings is 1. The highest BCUT2D eigenvalue weighted by molar-refractivity contribution is 4.92. The monoisotopic (exact) mass is 210 g/mol. The molecule has 2 unspecified atom stereocenters. The first kappa shape index (κ1) is 11.4. The van der Waals surface area contributed by atoms with E-state index in [-0.39, 0.29) is 0 Å². The number of hydrogen-bond acceptors (Lipinski definition) is 2. The summed E-state index contributed by atoms with van der Waals surface area (Å²) in [6.07, 6.45) is 4.13. The standard InChI is InChI=1S/C13H26N2/c1-9(2)11-6-12(7-11)15-5-4-10(3)13(14)8-15/h9-13H,4-8,14H2,1-3H3. The van der Waals surface area contributed by atoms with Crippen LogP contribution < -0.4 is 5.73 Å². The van der Waals surface area contributed by atoms with Gasteiger partial charge in [0.05, 0.1) is 0 Å². The first-order valence-corrected chi connectivity index (χ1v) is 6.57. The van der Waals surface area contributed by atoms with Crippen molar-refractivity contribution < 1.29 is 0 Å². The van der Waals surface area contributed by atoms with Gasteiger partial charge >= 0.3 is 0 Å². The molecule has 2 rings (SSSR count). The third-order valence-electron chi connectivity index (χ3n) is 4.66. The van der Waals surface area contributed by atoms with E-state index < -0.39 is 0 Å². The number of nitrogens with two attached hydrogens (primary N) is 1. The van der Waals surface area contributed by atoms with Crippen LogP contribution in [0.2, 0.25) is 0 Å². The van der Waals surface area contributed by atoms with Crippen LogP contribution >= 0.6 is 0 Å². The summed E-state index contributed by atoms with van der Waals surface area (Å²) < 4.78 is 0. The van der Waals surface area contributed by atoms with Gasteiger partial charge in [-0.1, -0.05) is 20.8 Å². The molecule has 2 heteroatoms. The van der Waals surface area contributed by atoms with Gasteiger partial charge in [-0.3, -0.25) is 4.90 Å². The Morgan fingerprint density at radius 1 is 1.27 bits per heavy atom. The predicted octanol–water partition coefficient (Wildman–Crippen LogP) is 2.09. The quantitative estimate of drug-likeness (QED) is 0.756. The fourth-order valence-electron chi connectivity index (χ4n) is 2.93. The molecule has 0 spiro atoms. The fraction of sp³-hybridized carbons (Fsp3) is 1.00. The average Bonchev–Trinajstić information content (AvgIpc) is 2.08. The van der Waals surface area contributed by atoms with E-state index in [0.717, 1.165) is 30.3 Å². The second-order valence-electron chi connectivity index (χ2n) is 6.05. The SMILES string of the molecule is CC(C)C1CC(N2CCC(C)C(N)C2)C1. The van der Waals surface area contributed by atoms with Crippen LogP contribution in [0.15, 0.2) is 0 Å². The highest BCUT2D eigenvalue weighted by Crippen LogP contribution is 2.38. The van der Waals surface area contributed by atoms with E-state index in [1.165, 1.54) is 25.8 Å². The Labute approximate surface area is 94.2 Å². The minimum Gasteiger partial charge on any atom is -0.326 e. The molecule has 1 saturated heterocycles. The molecule has 0 radical (unpaired) electrons. The lowest BCUT2D eigenvalue weighted by molar-refractivity contribution is 0.0263. The normalized spacial score (nSPS) is 43.0. The smallest absolute Gasteiger partial charge is 0.0194 e. The van der Waals surface area contributed by atoms with E-state index in [1.54, 1.807) is 0 Å². The molecule has 0 aromatic heterocycles. The van der Waals surface area contributed by atoms with Crippen molar-refractivity contribution in [1.29, 1.82) is 0 Å². The Morgan fingerprint density at radius 2 is 1.93 bits per heavy atom. The molecule has 2 atom stereocenters. The van der Waals surface area contributed by atoms with Crippen LogP contribution in [0.4, 0.5) is 0 Å². The number of likely N-dealkylation sites (tertiary alicyclic amines) is 1. The van der Waals surface area contributed by atoms with Gasteiger partial charge in [-0.2, -0.15) is 0 Å². The van der Waals surface area contributed by atoms with E-state index >= 15 is 0 Å². The van der Waals surface area contributed by atoms with Crippen LogP contribution in [-0.2, 0) is 0 Å². The maximum absolute atomic E-state index is 6.14. The Bertz CT molecular complexity index is 209. The molecule has 1 aliphatic carbocycles. The molecule has 0 bridgehead atoms. The molecule has 0 amide bonds. The zero-order valence-electron chi connectivity index (χ0n) is 10.4. The molecule has 2 N–H and O–H groups in total. The maximum Gasteiger partial charge on any atom is 0.0194 e. The lowest BCUT2D eigenvalue weighted by Gasteiger charge is -2.48. The summed E-state index contributed by atoms with van der Waals surface area (Å²) in [4.78, 5) is 2.64. The molecular formula is C13H26N2. The van der Waals surface area contributed by atoms with Gasteiger partial charge in [0.25, 0.3) is 0 Å². The summed E-state index contributed by atoms with van der Waals surface area (Å²) in [6, 6.07) is 1.27. The van der Waals surface area contributed by atoms with E-state index in [2.05, 4.69) is 25.7 Å². The zero-order chi connectivity index (χ0) is 11.0. The Morgan fingerprint density at radius 3 is 2.47 bits per heavy atom. The average molecular weight is 210 g/mol. The van der Waals surface area contributed by atoms with Gasteiger partial charge in [-0.05, 0) is 43.6 Å². The van der Waals surface area contributed by atoms with E-state index in [0.29, 0.717) is 6.04 Å². The number of rotatable bonds is 2. The van der Waals surface area contributed by atoms with Gasteiger partial charge in [-0.25, -0.2) is 0 Å². The van der Waals surface area contributed by atoms with Gasteiger partial charge in [-0.15, -0.1) is 0 Å². The summed E-state index contributed by atoms with van der Waals surface area (Å²) in [5.41, 5.74) is 6.14. The Hall–Kier alpha value is -0.0800. The van der Waals surface area contributed by atoms with Crippen molar-refractivity contribution in [3.8, 4) is 0 Å². The summed E-state index contributed by atoms with van der Waals surface area (Å²) in [6.45, 7) is 9.41. The van der Waals surface area contributed by atoms with Crippen molar-refractivity contribution in [3.63, 3.8) is 0 Å². The summed E-state index contributed by atoms with van der Waals surface area (Å²) in [5, 5.41) is 0. The van der Waals surface area contributed by atoms with Gasteiger partial charge < -0.3 is 5.73 Å². The summed E-state index contributed by atoms with van der Waals surface area (Å²) in [5.74, 6) is 2.58. The van der Waals surface area contributed by atoms with Crippen LogP contribution in [0.5, 0.6) is 0 Å². The van der Waals surface area contributed by atoms with Gasteiger partial charge in [0.1, 0.15) is 0 Å². The fourth-order valence-corrected chi connectivity index (χ4v) is 2.93. The molecule has 1 heterocycles. The molecule has 0 aromatic carbocycles. The van der Waals surface area contributed by atoms with Crippen LogP contribution in [-0.4, -0.2) is 30.1 Å². The highest BCUT2D eigenvalue weighted by atomic mass is 15.2. The van der Waals surface area contributed by atoms with Crippen LogP contribution in [0.1, 0.15) is 40.0 Å². The van der Waals surface area contributed by atoms with Crippen molar-refractivity contribution in [2.45, 2.75) is 52.1 Å². The molecular weight excluding hydrogens is 184 g/mol. The van der Waals surface area contributed by atoms with Crippen LogP contribution in [0.3, 0.4) is 0 Å². The molecule has 0 aromatic rings. The minimum atomic E-state index is 0.414. The van der Waals surface area contributed by atoms with Crippen molar-refractivity contribution in [3.05, 3.63) is 0 Å². The lowest BCUT2D eigenvalue weighted by Crippen LogP contribution is -2.55. The molecule has 2 nitrogen and oxygen atoms in total. The van der Waals surface area contributed by atoms with E-state index in [1.807, 2.05) is 0 Å². The predicted molar refractivity (Wildman–Crippen MR) is 64.7 cm³/mol. The topological polar surface area (TPSA) is 29.3 Å². The first-order valence-electron chi connectivity index (χ1n) is 6.57. The van der Waals surface area contributed by atoms with Crippen LogP contribution in [0.25, 0.3) is 0 Å². The zero-order valence-corrected chi connectivity index (χ0v) is 10.4. The number of nitrogens with zero attached hydrogens (tertiary/aromatic N) is 1. The molecule has 1 saturated carbocycles. The second-order valence-corrected chi connectivity index (χ2v) is 6.05. The van der Waals surface area contributed by atoms with Gasteiger partial charge in [0, 0.05) is 18.6 Å². The molecule has 1 aliphatic heterocycles. The Balaban J connectivity index is 1.77. The van der Waals surface area contributed by atoms with Gasteiger partial charge in [0.2, 0.25) is 0 Å². The lowest BCUT2D eigenvalue weighted by atomic mass is 9.72. The number of hydrogen-bond donors (Lipinski definition) is 1. The maximum atomic E-state index is 6.14. The van der Waals surface area contributed by atoms with Crippen molar-refractivity contribution >= 4 is 0 Å². The highest BCUT2D eigenvalue weighted by Gasteiger charge is 2.37. The summed E-state index contributed by atoms with van der Waals surface area (Å²) >= 11 is 0. The van der Waals surface area contributed by atoms with Crippen molar-refractivity contribution in [1.82, 2.24) is 4.90 Å². The molecule has 15 heavy (non-hydrogen) atoms. The largest absolute Gasteiger partial charge is 0.326 e. The second kappa shape index (κ2) is 4.42. The third-order valence-corrected chi connectivity index (χ3v) is 4.66. The minimum absolute atomic E-state index is 0.414. The molecule has 88 valence electrons. The van der Waals surface area contributed by atoms with Crippen molar-refractivity contribution in [2.75, 3.05) is 13.1 Å². The van der Waals surface area contributed by atoms with Gasteiger partial charge in [0.15, 0.2) is 0 Å². The Kier molecular flexibility index (Phi) is 3.36. The van der Waals surface area contributed by atoms with Crippen LogP contribution in [0, 0.1) is 17.8 Å². The third kappa shape index (κ3) is 2.36. The first-order chi connectivity index (χ1) is 7.08. The van der Waals surface area contributed by atoms with E-state index in [4.69, 9.17) is 5.73 Å². The van der Waals surface area contributed by atoms with E-state index in [9.17, 15) is 0 Å². The molecule has 2 fully saturated rings.